The van der Waals surface area contributed by atoms with Crippen LogP contribution in [0.3, 0.4) is 0 Å². The summed E-state index contributed by atoms with van der Waals surface area (Å²) in [6.45, 7) is 2.09. The molecule has 0 radical (unpaired) electrons. The van der Waals surface area contributed by atoms with Crippen molar-refractivity contribution in [2.75, 3.05) is 5.73 Å². The second kappa shape index (κ2) is 4.37. The van der Waals surface area contributed by atoms with Crippen LogP contribution in [0.1, 0.15) is 41.8 Å². The van der Waals surface area contributed by atoms with Gasteiger partial charge in [0.1, 0.15) is 12.1 Å². The number of anilines is 1. The fourth-order valence-electron chi connectivity index (χ4n) is 2.78. The number of pyridine rings is 1. The monoisotopic (exact) mass is 240 g/mol. The van der Waals surface area contributed by atoms with Crippen LogP contribution < -0.4 is 5.73 Å². The number of aryl methyl sites for hydroxylation is 1. The maximum absolute atomic E-state index is 5.95. The Bertz CT molecular complexity index is 580. The number of hydrogen-bond donors (Lipinski definition) is 1. The average Bonchev–Trinajstić information content (AvgIpc) is 2.82. The molecule has 1 aliphatic rings. The van der Waals surface area contributed by atoms with Gasteiger partial charge in [-0.25, -0.2) is 9.97 Å². The predicted octanol–water partition coefficient (Wildman–Crippen LogP) is 2.09. The third-order valence-electron chi connectivity index (χ3n) is 3.65. The number of aromatic nitrogens is 3. The Morgan fingerprint density at radius 2 is 2.17 bits per heavy atom. The van der Waals surface area contributed by atoms with Crippen molar-refractivity contribution in [2.24, 2.45) is 0 Å². The summed E-state index contributed by atoms with van der Waals surface area (Å²) < 4.78 is 0. The first-order valence-electron chi connectivity index (χ1n) is 6.34. The first kappa shape index (κ1) is 11.1. The highest BCUT2D eigenvalue weighted by Gasteiger charge is 2.28. The quantitative estimate of drug-likeness (QED) is 0.873. The van der Waals surface area contributed by atoms with Crippen molar-refractivity contribution in [1.82, 2.24) is 15.0 Å². The van der Waals surface area contributed by atoms with Gasteiger partial charge in [0, 0.05) is 17.7 Å². The molecule has 92 valence electrons. The molecule has 0 aliphatic heterocycles. The van der Waals surface area contributed by atoms with E-state index in [2.05, 4.69) is 27.9 Å². The van der Waals surface area contributed by atoms with E-state index in [1.165, 1.54) is 5.56 Å². The van der Waals surface area contributed by atoms with E-state index >= 15 is 0 Å². The number of nitrogen functional groups attached to an aromatic ring is 1. The Kier molecular flexibility index (Phi) is 2.70. The zero-order valence-corrected chi connectivity index (χ0v) is 10.4. The van der Waals surface area contributed by atoms with Gasteiger partial charge in [0.15, 0.2) is 0 Å². The van der Waals surface area contributed by atoms with Gasteiger partial charge >= 0.3 is 0 Å². The van der Waals surface area contributed by atoms with Crippen LogP contribution in [-0.4, -0.2) is 15.0 Å². The van der Waals surface area contributed by atoms with E-state index in [0.717, 1.165) is 36.2 Å². The van der Waals surface area contributed by atoms with Crippen LogP contribution in [0.4, 0.5) is 5.82 Å². The zero-order valence-electron chi connectivity index (χ0n) is 10.4. The largest absolute Gasteiger partial charge is 0.383 e. The molecule has 1 aliphatic carbocycles. The van der Waals surface area contributed by atoms with E-state index in [1.54, 1.807) is 6.33 Å². The molecule has 4 nitrogen and oxygen atoms in total. The van der Waals surface area contributed by atoms with Gasteiger partial charge in [0.2, 0.25) is 0 Å². The summed E-state index contributed by atoms with van der Waals surface area (Å²) in [6, 6.07) is 4.15. The van der Waals surface area contributed by atoms with Crippen molar-refractivity contribution >= 4 is 5.82 Å². The summed E-state index contributed by atoms with van der Waals surface area (Å²) in [4.78, 5) is 13.1. The number of nitrogens with zero attached hydrogens (tertiary/aromatic N) is 3. The molecule has 0 saturated heterocycles. The van der Waals surface area contributed by atoms with Crippen molar-refractivity contribution < 1.29 is 0 Å². The van der Waals surface area contributed by atoms with Crippen LogP contribution in [0.15, 0.2) is 24.7 Å². The van der Waals surface area contributed by atoms with Crippen molar-refractivity contribution in [3.05, 3.63) is 47.2 Å². The van der Waals surface area contributed by atoms with E-state index in [4.69, 9.17) is 5.73 Å². The van der Waals surface area contributed by atoms with Crippen LogP contribution in [0, 0.1) is 0 Å². The summed E-state index contributed by atoms with van der Waals surface area (Å²) in [7, 11) is 0. The molecule has 0 fully saturated rings. The summed E-state index contributed by atoms with van der Waals surface area (Å²) in [5.41, 5.74) is 10.6. The maximum Gasteiger partial charge on any atom is 0.130 e. The lowest BCUT2D eigenvalue weighted by atomic mass is 9.96. The summed E-state index contributed by atoms with van der Waals surface area (Å²) in [5.74, 6) is 0.883. The average molecular weight is 240 g/mol. The summed E-state index contributed by atoms with van der Waals surface area (Å²) >= 11 is 0. The zero-order chi connectivity index (χ0) is 12.5. The molecule has 0 spiro atoms. The first-order chi connectivity index (χ1) is 8.81. The van der Waals surface area contributed by atoms with Gasteiger partial charge in [0.25, 0.3) is 0 Å². The van der Waals surface area contributed by atoms with Crippen LogP contribution in [0.2, 0.25) is 0 Å². The number of nitrogens with two attached hydrogens (primary N) is 1. The fourth-order valence-corrected chi connectivity index (χ4v) is 2.78. The lowest BCUT2D eigenvalue weighted by molar-refractivity contribution is 0.729. The third-order valence-corrected chi connectivity index (χ3v) is 3.65. The highest BCUT2D eigenvalue weighted by molar-refractivity contribution is 5.46. The number of fused-ring (bicyclic) bond motifs is 1. The molecule has 0 aromatic carbocycles. The van der Waals surface area contributed by atoms with Crippen LogP contribution in [0.25, 0.3) is 0 Å². The standard InChI is InChI=1S/C14H16N4/c1-2-10-13(17-8-18-14(10)15)11-6-5-9-4-3-7-16-12(9)11/h3-4,7-8,11H,2,5-6H2,1H3,(H2,15,17,18). The van der Waals surface area contributed by atoms with E-state index in [0.29, 0.717) is 5.82 Å². The third kappa shape index (κ3) is 1.65. The van der Waals surface area contributed by atoms with Crippen molar-refractivity contribution in [3.8, 4) is 0 Å². The fraction of sp³-hybridized carbons (Fsp3) is 0.357. The van der Waals surface area contributed by atoms with Gasteiger partial charge in [-0.15, -0.1) is 0 Å². The Balaban J connectivity index is 2.10. The second-order valence-electron chi connectivity index (χ2n) is 4.62. The molecular weight excluding hydrogens is 224 g/mol. The highest BCUT2D eigenvalue weighted by atomic mass is 14.9. The normalized spacial score (nSPS) is 17.7. The number of hydrogen-bond acceptors (Lipinski definition) is 4. The Morgan fingerprint density at radius 1 is 1.28 bits per heavy atom. The molecule has 0 saturated carbocycles. The molecule has 0 amide bonds. The molecule has 4 heteroatoms. The van der Waals surface area contributed by atoms with E-state index in [-0.39, 0.29) is 5.92 Å². The molecule has 2 aromatic rings. The van der Waals surface area contributed by atoms with Crippen molar-refractivity contribution in [2.45, 2.75) is 32.1 Å². The van der Waals surface area contributed by atoms with Crippen LogP contribution >= 0.6 is 0 Å². The molecule has 1 unspecified atom stereocenters. The molecule has 2 aromatic heterocycles. The topological polar surface area (TPSA) is 64.7 Å². The predicted molar refractivity (Wildman–Crippen MR) is 70.2 cm³/mol. The SMILES string of the molecule is CCc1c(N)ncnc1C1CCc2cccnc21. The molecule has 2 heterocycles. The highest BCUT2D eigenvalue weighted by Crippen LogP contribution is 2.37. The summed E-state index contributed by atoms with van der Waals surface area (Å²) in [5, 5.41) is 0. The van der Waals surface area contributed by atoms with E-state index in [9.17, 15) is 0 Å². The van der Waals surface area contributed by atoms with Gasteiger partial charge in [-0.3, -0.25) is 4.98 Å². The Labute approximate surface area is 106 Å². The molecular formula is C14H16N4. The van der Waals surface area contributed by atoms with Crippen molar-refractivity contribution in [1.29, 1.82) is 0 Å². The maximum atomic E-state index is 5.95. The number of rotatable bonds is 2. The lowest BCUT2D eigenvalue weighted by Gasteiger charge is -2.14. The van der Waals surface area contributed by atoms with Gasteiger partial charge in [0.05, 0.1) is 11.4 Å². The molecule has 0 bridgehead atoms. The van der Waals surface area contributed by atoms with Gasteiger partial charge in [-0.05, 0) is 30.9 Å². The van der Waals surface area contributed by atoms with Gasteiger partial charge in [-0.2, -0.15) is 0 Å². The van der Waals surface area contributed by atoms with Crippen molar-refractivity contribution in [3.63, 3.8) is 0 Å². The molecule has 2 N–H and O–H groups in total. The van der Waals surface area contributed by atoms with Gasteiger partial charge < -0.3 is 5.73 Å². The minimum Gasteiger partial charge on any atom is -0.383 e. The molecule has 1 atom stereocenters. The van der Waals surface area contributed by atoms with Crippen LogP contribution in [0.5, 0.6) is 0 Å². The van der Waals surface area contributed by atoms with E-state index < -0.39 is 0 Å². The lowest BCUT2D eigenvalue weighted by Crippen LogP contribution is -2.09. The Morgan fingerprint density at radius 3 is 3.00 bits per heavy atom. The smallest absolute Gasteiger partial charge is 0.130 e. The van der Waals surface area contributed by atoms with Gasteiger partial charge in [-0.1, -0.05) is 13.0 Å². The minimum atomic E-state index is 0.279. The van der Waals surface area contributed by atoms with E-state index in [1.807, 2.05) is 12.3 Å². The summed E-state index contributed by atoms with van der Waals surface area (Å²) in [6.07, 6.45) is 6.41. The minimum absolute atomic E-state index is 0.279. The molecule has 3 rings (SSSR count). The first-order valence-corrected chi connectivity index (χ1v) is 6.34. The molecule has 18 heavy (non-hydrogen) atoms. The second-order valence-corrected chi connectivity index (χ2v) is 4.62. The Hall–Kier alpha value is -1.97. The van der Waals surface area contributed by atoms with Crippen LogP contribution in [-0.2, 0) is 12.8 Å².